The fourth-order valence-corrected chi connectivity index (χ4v) is 6.60. The van der Waals surface area contributed by atoms with Crippen molar-refractivity contribution in [2.24, 2.45) is 0 Å². The number of ether oxygens (including phenoxy) is 3. The van der Waals surface area contributed by atoms with Gasteiger partial charge in [-0.3, -0.25) is 14.7 Å². The molecular weight excluding hydrogens is 601 g/mol. The minimum absolute atomic E-state index is 0.0276. The van der Waals surface area contributed by atoms with E-state index in [1.807, 2.05) is 61.9 Å². The summed E-state index contributed by atoms with van der Waals surface area (Å²) < 4.78 is 17.9. The number of hydrogen-bond acceptors (Lipinski definition) is 10. The van der Waals surface area contributed by atoms with Crippen LogP contribution in [-0.4, -0.2) is 88.2 Å². The molecule has 240 valence electrons. The Morgan fingerprint density at radius 2 is 1.64 bits per heavy atom. The summed E-state index contributed by atoms with van der Waals surface area (Å²) in [6, 6.07) is 15.7. The number of aromatic nitrogens is 2. The van der Waals surface area contributed by atoms with E-state index in [0.717, 1.165) is 43.6 Å². The maximum absolute atomic E-state index is 13.2. The van der Waals surface area contributed by atoms with Crippen LogP contribution in [0.15, 0.2) is 70.4 Å². The van der Waals surface area contributed by atoms with E-state index in [9.17, 15) is 29.4 Å². The molecule has 0 amide bonds. The van der Waals surface area contributed by atoms with Crippen molar-refractivity contribution in [3.05, 3.63) is 92.8 Å². The third-order valence-electron chi connectivity index (χ3n) is 8.15. The first-order chi connectivity index (χ1) is 21.4. The van der Waals surface area contributed by atoms with Crippen LogP contribution in [0.3, 0.4) is 0 Å². The SMILES string of the molecule is C=P(C)(C)CC[C@H]1O[C@@H](n2ccc(=O)n(CNC(C)C(=O)OC(=O)OCC3c4ccccc4-c4ccccc43)c2=O)[C@H](O)[C@@H]1O. The normalized spacial score (nSPS) is 21.6. The van der Waals surface area contributed by atoms with Gasteiger partial charge >= 0.3 is 17.8 Å². The molecule has 2 aliphatic rings. The summed E-state index contributed by atoms with van der Waals surface area (Å²) >= 11 is 0. The molecule has 0 bridgehead atoms. The van der Waals surface area contributed by atoms with Crippen LogP contribution in [0, 0.1) is 0 Å². The second-order valence-corrected chi connectivity index (χ2v) is 16.4. The van der Waals surface area contributed by atoms with Crippen LogP contribution >= 0.6 is 6.89 Å². The van der Waals surface area contributed by atoms with Gasteiger partial charge in [-0.05, 0) is 55.1 Å². The average Bonchev–Trinajstić information content (AvgIpc) is 3.47. The Kier molecular flexibility index (Phi) is 9.62. The molecule has 5 rings (SSSR count). The van der Waals surface area contributed by atoms with Crippen molar-refractivity contribution in [2.45, 2.75) is 56.5 Å². The van der Waals surface area contributed by atoms with Gasteiger partial charge in [0, 0.05) is 18.2 Å². The summed E-state index contributed by atoms with van der Waals surface area (Å²) in [6.07, 6.45) is 0.802. The highest BCUT2D eigenvalue weighted by atomic mass is 31.2. The van der Waals surface area contributed by atoms with Crippen molar-refractivity contribution in [1.29, 1.82) is 0 Å². The summed E-state index contributed by atoms with van der Waals surface area (Å²) in [6.45, 7) is 3.65. The van der Waals surface area contributed by atoms with E-state index in [4.69, 9.17) is 14.2 Å². The van der Waals surface area contributed by atoms with Crippen LogP contribution in [0.4, 0.5) is 4.79 Å². The largest absolute Gasteiger partial charge is 0.516 e. The summed E-state index contributed by atoms with van der Waals surface area (Å²) in [5, 5.41) is 23.9. The molecule has 3 N–H and O–H groups in total. The molecule has 2 aromatic carbocycles. The first-order valence-electron chi connectivity index (χ1n) is 14.7. The van der Waals surface area contributed by atoms with Gasteiger partial charge in [-0.15, -0.1) is 13.2 Å². The molecule has 1 fully saturated rings. The summed E-state index contributed by atoms with van der Waals surface area (Å²) in [5.74, 6) is -1.17. The number of fused-ring (bicyclic) bond motifs is 3. The average molecular weight is 640 g/mol. The molecule has 1 unspecified atom stereocenters. The van der Waals surface area contributed by atoms with Crippen LogP contribution in [0.2, 0.25) is 0 Å². The van der Waals surface area contributed by atoms with Gasteiger partial charge in [0.25, 0.3) is 5.56 Å². The van der Waals surface area contributed by atoms with Gasteiger partial charge < -0.3 is 24.4 Å². The lowest BCUT2D eigenvalue weighted by Crippen LogP contribution is -2.47. The van der Waals surface area contributed by atoms with E-state index in [1.54, 1.807) is 0 Å². The first kappa shape index (κ1) is 32.6. The van der Waals surface area contributed by atoms with Crippen molar-refractivity contribution >= 4 is 25.3 Å². The molecule has 0 saturated carbocycles. The van der Waals surface area contributed by atoms with Crippen molar-refractivity contribution in [3.63, 3.8) is 0 Å². The van der Waals surface area contributed by atoms with E-state index in [1.165, 1.54) is 13.1 Å². The number of aliphatic hydroxyl groups excluding tert-OH is 2. The Labute approximate surface area is 260 Å². The second-order valence-electron chi connectivity index (χ2n) is 12.1. The predicted molar refractivity (Wildman–Crippen MR) is 170 cm³/mol. The zero-order chi connectivity index (χ0) is 32.5. The Morgan fingerprint density at radius 3 is 2.27 bits per heavy atom. The third kappa shape index (κ3) is 7.05. The lowest BCUT2D eigenvalue weighted by Gasteiger charge is -2.20. The molecule has 1 aliphatic carbocycles. The molecule has 1 aliphatic heterocycles. The van der Waals surface area contributed by atoms with Gasteiger partial charge in [-0.2, -0.15) is 0 Å². The number of rotatable bonds is 10. The lowest BCUT2D eigenvalue weighted by atomic mass is 9.98. The van der Waals surface area contributed by atoms with Gasteiger partial charge in [-0.1, -0.05) is 48.5 Å². The Bertz CT molecular complexity index is 1700. The number of carbonyl (C=O) groups is 2. The molecule has 12 nitrogen and oxygen atoms in total. The van der Waals surface area contributed by atoms with E-state index >= 15 is 0 Å². The molecule has 5 atom stereocenters. The minimum Gasteiger partial charge on any atom is -0.433 e. The Morgan fingerprint density at radius 1 is 1.02 bits per heavy atom. The van der Waals surface area contributed by atoms with Crippen LogP contribution in [0.25, 0.3) is 11.1 Å². The summed E-state index contributed by atoms with van der Waals surface area (Å²) in [4.78, 5) is 50.8. The predicted octanol–water partition coefficient (Wildman–Crippen LogP) is 2.16. The van der Waals surface area contributed by atoms with Crippen LogP contribution < -0.4 is 16.6 Å². The fraction of sp³-hybridized carbons (Fsp3) is 0.406. The van der Waals surface area contributed by atoms with Crippen molar-refractivity contribution in [2.75, 3.05) is 26.1 Å². The highest BCUT2D eigenvalue weighted by Gasteiger charge is 2.44. The van der Waals surface area contributed by atoms with E-state index in [2.05, 4.69) is 11.6 Å². The molecule has 1 aromatic heterocycles. The molecular formula is C32H38N3O9P. The Balaban J connectivity index is 1.17. The first-order valence-corrected chi connectivity index (χ1v) is 17.7. The maximum Gasteiger partial charge on any atom is 0.516 e. The van der Waals surface area contributed by atoms with E-state index in [-0.39, 0.29) is 12.5 Å². The highest BCUT2D eigenvalue weighted by molar-refractivity contribution is 7.72. The highest BCUT2D eigenvalue weighted by Crippen LogP contribution is 2.44. The van der Waals surface area contributed by atoms with Gasteiger partial charge in [0.1, 0.15) is 24.9 Å². The van der Waals surface area contributed by atoms with Crippen LogP contribution in [0.1, 0.15) is 36.6 Å². The number of hydrogen-bond donors (Lipinski definition) is 3. The van der Waals surface area contributed by atoms with Gasteiger partial charge in [-0.25, -0.2) is 19.0 Å². The Hall–Kier alpha value is -3.80. The van der Waals surface area contributed by atoms with Crippen molar-refractivity contribution in [1.82, 2.24) is 14.5 Å². The van der Waals surface area contributed by atoms with Gasteiger partial charge in [0.2, 0.25) is 0 Å². The molecule has 3 aromatic rings. The smallest absolute Gasteiger partial charge is 0.433 e. The fourth-order valence-electron chi connectivity index (χ4n) is 5.65. The standard InChI is InChI=1S/C32H38N3O9P/c1-19(30(39)44-32(41)42-17-24-22-11-7-5-9-20(22)21-10-6-8-12-23(21)24)33-18-35-26(36)13-15-34(31(35)40)29-28(38)27(37)25(43-29)14-16-45(2,3)4/h5-13,15,19,24-25,27-29,33,37-38H,2,14,16-18H2,1,3-4H3/t19?,25-,27-,28-,29-/m1/s1. The molecule has 45 heavy (non-hydrogen) atoms. The summed E-state index contributed by atoms with van der Waals surface area (Å²) in [5.41, 5.74) is 2.64. The topological polar surface area (TPSA) is 158 Å². The van der Waals surface area contributed by atoms with Crippen molar-refractivity contribution in [3.8, 4) is 11.1 Å². The molecule has 1 saturated heterocycles. The van der Waals surface area contributed by atoms with Crippen LogP contribution in [-0.2, 0) is 25.7 Å². The minimum atomic E-state index is -1.41. The zero-order valence-electron chi connectivity index (χ0n) is 25.4. The quantitative estimate of drug-likeness (QED) is 0.171. The van der Waals surface area contributed by atoms with Crippen molar-refractivity contribution < 1.29 is 34.0 Å². The number of carbonyl (C=O) groups excluding carboxylic acids is 2. The van der Waals surface area contributed by atoms with E-state index in [0.29, 0.717) is 6.42 Å². The molecule has 13 heteroatoms. The number of benzene rings is 2. The zero-order valence-corrected chi connectivity index (χ0v) is 26.3. The second kappa shape index (κ2) is 13.3. The number of nitrogens with one attached hydrogen (secondary N) is 1. The van der Waals surface area contributed by atoms with Crippen LogP contribution in [0.5, 0.6) is 0 Å². The molecule has 0 radical (unpaired) electrons. The monoisotopic (exact) mass is 639 g/mol. The maximum atomic E-state index is 13.2. The number of aliphatic hydroxyl groups is 2. The molecule has 2 heterocycles. The number of nitrogens with zero attached hydrogens (tertiary/aromatic N) is 2. The van der Waals surface area contributed by atoms with E-state index < -0.39 is 67.5 Å². The lowest BCUT2D eigenvalue weighted by molar-refractivity contribution is -0.142. The third-order valence-corrected chi connectivity index (χ3v) is 9.62. The molecule has 0 spiro atoms. The van der Waals surface area contributed by atoms with Gasteiger partial charge in [0.15, 0.2) is 6.23 Å². The summed E-state index contributed by atoms with van der Waals surface area (Å²) in [7, 11) is 0. The number of esters is 1. The van der Waals surface area contributed by atoms with Gasteiger partial charge in [0.05, 0.1) is 12.8 Å².